The number of carbonyl (C=O) groups is 1. The van der Waals surface area contributed by atoms with E-state index in [1.54, 1.807) is 12.1 Å². The molecule has 0 bridgehead atoms. The van der Waals surface area contributed by atoms with Crippen molar-refractivity contribution in [2.24, 2.45) is 5.10 Å². The first-order chi connectivity index (χ1) is 14.4. The number of hydrogen-bond donors (Lipinski definition) is 1. The van der Waals surface area contributed by atoms with Gasteiger partial charge in [0.2, 0.25) is 0 Å². The van der Waals surface area contributed by atoms with Gasteiger partial charge >= 0.3 is 0 Å². The second kappa shape index (κ2) is 6.72. The quantitative estimate of drug-likeness (QED) is 0.837. The lowest BCUT2D eigenvalue weighted by atomic mass is 9.76. The molecule has 0 saturated heterocycles. The van der Waals surface area contributed by atoms with Gasteiger partial charge in [-0.05, 0) is 51.3 Å². The lowest BCUT2D eigenvalue weighted by Gasteiger charge is -2.48. The fourth-order valence-corrected chi connectivity index (χ4v) is 4.55. The van der Waals surface area contributed by atoms with Gasteiger partial charge in [0.05, 0.1) is 5.69 Å². The van der Waals surface area contributed by atoms with Crippen LogP contribution in [0.5, 0.6) is 5.75 Å². The zero-order valence-electron chi connectivity index (χ0n) is 17.4. The summed E-state index contributed by atoms with van der Waals surface area (Å²) in [4.78, 5) is 16.4. The Morgan fingerprint density at radius 2 is 2.03 bits per heavy atom. The van der Waals surface area contributed by atoms with Crippen LogP contribution in [0.25, 0.3) is 11.1 Å². The largest absolute Gasteiger partial charge is 0.483 e. The predicted octanol–water partition coefficient (Wildman–Crippen LogP) is 3.90. The van der Waals surface area contributed by atoms with Crippen molar-refractivity contribution in [3.8, 4) is 16.9 Å². The highest BCUT2D eigenvalue weighted by Crippen LogP contribution is 2.48. The summed E-state index contributed by atoms with van der Waals surface area (Å²) < 4.78 is 20.8. The van der Waals surface area contributed by atoms with Crippen LogP contribution in [0.1, 0.15) is 33.1 Å². The molecule has 1 saturated carbocycles. The SMILES string of the molecule is C[C@@H]1C(=O)NN=C2COc3cc(-c4ccccc4F)c(N(C)C4(C)CCC4)cc3N21. The second-order valence-corrected chi connectivity index (χ2v) is 8.57. The van der Waals surface area contributed by atoms with E-state index in [1.807, 2.05) is 30.0 Å². The Morgan fingerprint density at radius 1 is 1.27 bits per heavy atom. The maximum atomic E-state index is 14.8. The van der Waals surface area contributed by atoms with E-state index in [2.05, 4.69) is 29.4 Å². The van der Waals surface area contributed by atoms with Crippen molar-refractivity contribution in [3.05, 3.63) is 42.2 Å². The van der Waals surface area contributed by atoms with E-state index in [0.717, 1.165) is 29.8 Å². The number of nitrogens with one attached hydrogen (secondary N) is 1. The van der Waals surface area contributed by atoms with Crippen molar-refractivity contribution in [3.63, 3.8) is 0 Å². The third-order valence-electron chi connectivity index (χ3n) is 6.80. The molecule has 0 aromatic heterocycles. The number of carbonyl (C=O) groups excluding carboxylic acids is 1. The van der Waals surface area contributed by atoms with E-state index in [9.17, 15) is 9.18 Å². The molecule has 7 heteroatoms. The van der Waals surface area contributed by atoms with E-state index in [4.69, 9.17) is 4.74 Å². The summed E-state index contributed by atoms with van der Waals surface area (Å²) in [5.41, 5.74) is 5.61. The highest BCUT2D eigenvalue weighted by Gasteiger charge is 2.40. The Hall–Kier alpha value is -3.09. The van der Waals surface area contributed by atoms with E-state index < -0.39 is 6.04 Å². The molecule has 2 aromatic rings. The molecule has 156 valence electrons. The lowest BCUT2D eigenvalue weighted by Crippen LogP contribution is -2.55. The van der Waals surface area contributed by atoms with Gasteiger partial charge in [-0.15, -0.1) is 0 Å². The maximum Gasteiger partial charge on any atom is 0.262 e. The van der Waals surface area contributed by atoms with Gasteiger partial charge in [0.25, 0.3) is 5.91 Å². The summed E-state index contributed by atoms with van der Waals surface area (Å²) in [5.74, 6) is 0.863. The maximum absolute atomic E-state index is 14.8. The molecule has 2 aliphatic heterocycles. The molecular formula is C23H25FN4O2. The van der Waals surface area contributed by atoms with Gasteiger partial charge in [-0.2, -0.15) is 5.10 Å². The molecule has 1 fully saturated rings. The minimum atomic E-state index is -0.406. The van der Waals surface area contributed by atoms with Gasteiger partial charge in [-0.1, -0.05) is 18.2 Å². The highest BCUT2D eigenvalue weighted by atomic mass is 19.1. The Balaban J connectivity index is 1.71. The van der Waals surface area contributed by atoms with Gasteiger partial charge in [-0.3, -0.25) is 4.79 Å². The Labute approximate surface area is 175 Å². The average Bonchev–Trinajstić information content (AvgIpc) is 2.73. The van der Waals surface area contributed by atoms with Gasteiger partial charge < -0.3 is 14.5 Å². The number of nitrogens with zero attached hydrogens (tertiary/aromatic N) is 3. The first kappa shape index (κ1) is 18.9. The third kappa shape index (κ3) is 2.75. The first-order valence-corrected chi connectivity index (χ1v) is 10.3. The molecule has 30 heavy (non-hydrogen) atoms. The fraction of sp³-hybridized carbons (Fsp3) is 0.391. The number of amidine groups is 1. The van der Waals surface area contributed by atoms with Crippen LogP contribution in [-0.2, 0) is 4.79 Å². The fourth-order valence-electron chi connectivity index (χ4n) is 4.55. The molecule has 1 atom stereocenters. The molecule has 0 spiro atoms. The third-order valence-corrected chi connectivity index (χ3v) is 6.80. The van der Waals surface area contributed by atoms with E-state index in [-0.39, 0.29) is 23.9 Å². The number of fused-ring (bicyclic) bond motifs is 3. The highest BCUT2D eigenvalue weighted by molar-refractivity contribution is 6.10. The molecule has 1 N–H and O–H groups in total. The number of ether oxygens (including phenoxy) is 1. The lowest BCUT2D eigenvalue weighted by molar-refractivity contribution is -0.122. The van der Waals surface area contributed by atoms with Crippen molar-refractivity contribution in [2.75, 3.05) is 23.5 Å². The molecule has 0 unspecified atom stereocenters. The van der Waals surface area contributed by atoms with Crippen molar-refractivity contribution >= 4 is 23.1 Å². The van der Waals surface area contributed by atoms with Crippen molar-refractivity contribution in [2.45, 2.75) is 44.7 Å². The van der Waals surface area contributed by atoms with E-state index >= 15 is 0 Å². The Morgan fingerprint density at radius 3 is 2.73 bits per heavy atom. The van der Waals surface area contributed by atoms with Crippen molar-refractivity contribution in [1.29, 1.82) is 0 Å². The minimum Gasteiger partial charge on any atom is -0.483 e. The van der Waals surface area contributed by atoms with E-state index in [0.29, 0.717) is 17.1 Å². The van der Waals surface area contributed by atoms with Crippen LogP contribution < -0.4 is 20.0 Å². The summed E-state index contributed by atoms with van der Waals surface area (Å²) in [6.45, 7) is 4.34. The number of benzene rings is 2. The molecule has 5 rings (SSSR count). The molecule has 0 radical (unpaired) electrons. The number of hydrazone groups is 1. The zero-order chi connectivity index (χ0) is 21.0. The molecule has 1 aliphatic carbocycles. The normalized spacial score (nSPS) is 21.5. The number of amides is 1. The van der Waals surface area contributed by atoms with Crippen LogP contribution >= 0.6 is 0 Å². The summed E-state index contributed by atoms with van der Waals surface area (Å²) in [5, 5.41) is 4.17. The predicted molar refractivity (Wildman–Crippen MR) is 116 cm³/mol. The van der Waals surface area contributed by atoms with Crippen LogP contribution in [0.4, 0.5) is 15.8 Å². The topological polar surface area (TPSA) is 57.2 Å². The molecule has 1 amide bonds. The summed E-state index contributed by atoms with van der Waals surface area (Å²) in [7, 11) is 2.07. The minimum absolute atomic E-state index is 0.0194. The molecule has 2 heterocycles. The van der Waals surface area contributed by atoms with Crippen LogP contribution in [0, 0.1) is 5.82 Å². The van der Waals surface area contributed by atoms with Crippen LogP contribution in [-0.4, -0.2) is 37.0 Å². The van der Waals surface area contributed by atoms with Crippen molar-refractivity contribution < 1.29 is 13.9 Å². The summed E-state index contributed by atoms with van der Waals surface area (Å²) >= 11 is 0. The van der Waals surface area contributed by atoms with Crippen LogP contribution in [0.3, 0.4) is 0 Å². The van der Waals surface area contributed by atoms with Crippen LogP contribution in [0.15, 0.2) is 41.5 Å². The number of rotatable bonds is 3. The van der Waals surface area contributed by atoms with Gasteiger partial charge in [0.1, 0.15) is 24.2 Å². The smallest absolute Gasteiger partial charge is 0.262 e. The summed E-state index contributed by atoms with van der Waals surface area (Å²) in [6, 6.07) is 10.3. The zero-order valence-corrected chi connectivity index (χ0v) is 17.4. The molecule has 6 nitrogen and oxygen atoms in total. The molecule has 2 aromatic carbocycles. The monoisotopic (exact) mass is 408 g/mol. The first-order valence-electron chi connectivity index (χ1n) is 10.3. The Bertz CT molecular complexity index is 1060. The van der Waals surface area contributed by atoms with Crippen LogP contribution in [0.2, 0.25) is 0 Å². The number of hydrogen-bond acceptors (Lipinski definition) is 5. The second-order valence-electron chi connectivity index (χ2n) is 8.57. The standard InChI is InChI=1S/C23H25FN4O2/c1-14-22(29)26-25-21-13-30-20-11-16(15-7-4-5-8-17(15)24)18(12-19(20)28(14)21)27(3)23(2)9-6-10-23/h4-5,7-8,11-12,14H,6,9-10,13H2,1-3H3,(H,26,29)/t14-/m1/s1. The number of halogens is 1. The van der Waals surface area contributed by atoms with Gasteiger partial charge in [0.15, 0.2) is 5.84 Å². The number of anilines is 2. The Kier molecular flexibility index (Phi) is 4.24. The summed E-state index contributed by atoms with van der Waals surface area (Å²) in [6.07, 6.45) is 3.36. The average molecular weight is 408 g/mol. The molecular weight excluding hydrogens is 383 g/mol. The van der Waals surface area contributed by atoms with Gasteiger partial charge in [-0.25, -0.2) is 9.82 Å². The van der Waals surface area contributed by atoms with E-state index in [1.165, 1.54) is 12.5 Å². The molecule has 3 aliphatic rings. The van der Waals surface area contributed by atoms with Gasteiger partial charge in [0, 0.05) is 29.4 Å². The van der Waals surface area contributed by atoms with Crippen molar-refractivity contribution in [1.82, 2.24) is 5.43 Å².